The molecule has 0 spiro atoms. The van der Waals surface area contributed by atoms with E-state index in [-0.39, 0.29) is 59.6 Å². The van der Waals surface area contributed by atoms with Gasteiger partial charge in [-0.3, -0.25) is 9.36 Å². The van der Waals surface area contributed by atoms with Gasteiger partial charge in [0.15, 0.2) is 17.5 Å². The van der Waals surface area contributed by atoms with Crippen molar-refractivity contribution >= 4 is 28.5 Å². The van der Waals surface area contributed by atoms with Crippen LogP contribution >= 0.6 is 0 Å². The number of anilines is 3. The smallest absolute Gasteiger partial charge is 0.269 e. The highest BCUT2D eigenvalue weighted by molar-refractivity contribution is 5.79. The number of hydrogen-bond acceptors (Lipinski definition) is 8. The zero-order valence-corrected chi connectivity index (χ0v) is 17.8. The Hall–Kier alpha value is -4.73. The van der Waals surface area contributed by atoms with Crippen LogP contribution in [0.3, 0.4) is 0 Å². The number of nitriles is 1. The van der Waals surface area contributed by atoms with Gasteiger partial charge in [-0.15, -0.1) is 0 Å². The second kappa shape index (κ2) is 9.26. The van der Waals surface area contributed by atoms with Gasteiger partial charge in [-0.1, -0.05) is 0 Å². The molecule has 0 atom stereocenters. The van der Waals surface area contributed by atoms with E-state index >= 15 is 0 Å². The molecule has 0 fully saturated rings. The van der Waals surface area contributed by atoms with Crippen LogP contribution < -0.4 is 22.3 Å². The Morgan fingerprint density at radius 2 is 1.74 bits per heavy atom. The second-order valence-corrected chi connectivity index (χ2v) is 7.38. The number of nitrogens with one attached hydrogen (secondary N) is 1. The highest BCUT2D eigenvalue weighted by atomic mass is 19.2. The zero-order chi connectivity index (χ0) is 25.3. The number of hydrogen-bond donors (Lipinski definition) is 3. The molecule has 0 aliphatic heterocycles. The molecule has 4 rings (SSSR count). The highest BCUT2D eigenvalue weighted by Gasteiger charge is 2.19. The van der Waals surface area contributed by atoms with E-state index in [4.69, 9.17) is 11.5 Å². The number of aromatic nitrogens is 4. The van der Waals surface area contributed by atoms with Crippen LogP contribution in [0, 0.1) is 34.6 Å². The molecule has 0 aliphatic carbocycles. The molecule has 13 heteroatoms. The van der Waals surface area contributed by atoms with E-state index in [1.165, 1.54) is 0 Å². The van der Waals surface area contributed by atoms with Crippen LogP contribution in [-0.4, -0.2) is 26.1 Å². The normalized spacial score (nSPS) is 10.9. The van der Waals surface area contributed by atoms with Crippen LogP contribution in [0.25, 0.3) is 16.6 Å². The molecule has 0 amide bonds. The third-order valence-electron chi connectivity index (χ3n) is 5.04. The van der Waals surface area contributed by atoms with Crippen molar-refractivity contribution in [2.75, 3.05) is 23.3 Å². The number of halogens is 4. The van der Waals surface area contributed by atoms with Gasteiger partial charge in [-0.05, 0) is 30.7 Å². The molecule has 5 N–H and O–H groups in total. The van der Waals surface area contributed by atoms with Crippen LogP contribution in [0.15, 0.2) is 35.1 Å². The SMILES string of the molecule is N#Cc1c(N)nc(N)nc1NCCCc1nc2ccc(F)c(F)c2c(=O)n1-c1cc(F)cc(F)c1. The van der Waals surface area contributed by atoms with Gasteiger partial charge in [0.2, 0.25) is 5.95 Å². The first kappa shape index (κ1) is 23.4. The molecule has 9 nitrogen and oxygen atoms in total. The Bertz CT molecular complexity index is 1540. The van der Waals surface area contributed by atoms with Crippen LogP contribution in [0.4, 0.5) is 35.1 Å². The first-order valence-electron chi connectivity index (χ1n) is 10.1. The molecular weight excluding hydrogens is 468 g/mol. The summed E-state index contributed by atoms with van der Waals surface area (Å²) < 4.78 is 56.8. The first-order valence-corrected chi connectivity index (χ1v) is 10.1. The van der Waals surface area contributed by atoms with Crippen molar-refractivity contribution in [3.63, 3.8) is 0 Å². The summed E-state index contributed by atoms with van der Waals surface area (Å²) in [6, 6.07) is 6.20. The van der Waals surface area contributed by atoms with Crippen LogP contribution in [0.1, 0.15) is 17.8 Å². The van der Waals surface area contributed by atoms with Crippen LogP contribution in [0.5, 0.6) is 0 Å². The van der Waals surface area contributed by atoms with Gasteiger partial charge in [0, 0.05) is 19.0 Å². The average Bonchev–Trinajstić information content (AvgIpc) is 2.78. The van der Waals surface area contributed by atoms with E-state index in [1.54, 1.807) is 0 Å². The summed E-state index contributed by atoms with van der Waals surface area (Å²) >= 11 is 0. The maximum Gasteiger partial charge on any atom is 0.269 e. The minimum Gasteiger partial charge on any atom is -0.382 e. The van der Waals surface area contributed by atoms with Crippen molar-refractivity contribution in [2.45, 2.75) is 12.8 Å². The lowest BCUT2D eigenvalue weighted by Gasteiger charge is -2.15. The first-order chi connectivity index (χ1) is 16.7. The van der Waals surface area contributed by atoms with Gasteiger partial charge in [-0.2, -0.15) is 15.2 Å². The number of nitrogens with zero attached hydrogens (tertiary/aromatic N) is 5. The van der Waals surface area contributed by atoms with Crippen LogP contribution in [0.2, 0.25) is 0 Å². The molecule has 0 bridgehead atoms. The molecule has 35 heavy (non-hydrogen) atoms. The van der Waals surface area contributed by atoms with Crippen molar-refractivity contribution in [2.24, 2.45) is 0 Å². The van der Waals surface area contributed by atoms with E-state index < -0.39 is 34.2 Å². The topological polar surface area (TPSA) is 149 Å². The van der Waals surface area contributed by atoms with E-state index in [1.807, 2.05) is 6.07 Å². The molecule has 2 aromatic heterocycles. The number of nitrogens with two attached hydrogens (primary N) is 2. The van der Waals surface area contributed by atoms with Crippen molar-refractivity contribution in [1.29, 1.82) is 5.26 Å². The molecule has 0 unspecified atom stereocenters. The molecule has 0 aliphatic rings. The Morgan fingerprint density at radius 1 is 1.03 bits per heavy atom. The number of aryl methyl sites for hydroxylation is 1. The fraction of sp³-hybridized carbons (Fsp3) is 0.136. The van der Waals surface area contributed by atoms with E-state index in [0.29, 0.717) is 6.07 Å². The summed E-state index contributed by atoms with van der Waals surface area (Å²) in [5.74, 6) is -4.71. The molecule has 2 heterocycles. The van der Waals surface area contributed by atoms with Crippen LogP contribution in [-0.2, 0) is 6.42 Å². The third kappa shape index (κ3) is 4.54. The summed E-state index contributed by atoms with van der Waals surface area (Å²) in [7, 11) is 0. The van der Waals surface area contributed by atoms with Gasteiger partial charge in [0.05, 0.1) is 11.2 Å². The van der Waals surface area contributed by atoms with E-state index in [0.717, 1.165) is 28.8 Å². The number of benzene rings is 2. The minimum absolute atomic E-state index is 0.00678. The number of rotatable bonds is 6. The summed E-state index contributed by atoms with van der Waals surface area (Å²) in [6.07, 6.45) is 0.335. The Morgan fingerprint density at radius 3 is 2.43 bits per heavy atom. The van der Waals surface area contributed by atoms with Gasteiger partial charge < -0.3 is 16.8 Å². The van der Waals surface area contributed by atoms with Gasteiger partial charge in [0.25, 0.3) is 5.56 Å². The molecule has 178 valence electrons. The number of fused-ring (bicyclic) bond motifs is 1. The second-order valence-electron chi connectivity index (χ2n) is 7.38. The largest absolute Gasteiger partial charge is 0.382 e. The molecule has 0 saturated heterocycles. The van der Waals surface area contributed by atoms with E-state index in [9.17, 15) is 27.6 Å². The predicted molar refractivity (Wildman–Crippen MR) is 120 cm³/mol. The lowest BCUT2D eigenvalue weighted by Crippen LogP contribution is -2.25. The Balaban J connectivity index is 1.71. The minimum atomic E-state index is -1.41. The van der Waals surface area contributed by atoms with Gasteiger partial charge in [0.1, 0.15) is 40.3 Å². The predicted octanol–water partition coefficient (Wildman–Crippen LogP) is 2.81. The fourth-order valence-corrected chi connectivity index (χ4v) is 3.54. The highest BCUT2D eigenvalue weighted by Crippen LogP contribution is 2.21. The number of nitrogen functional groups attached to an aromatic ring is 2. The fourth-order valence-electron chi connectivity index (χ4n) is 3.54. The monoisotopic (exact) mass is 484 g/mol. The average molecular weight is 484 g/mol. The molecule has 0 saturated carbocycles. The summed E-state index contributed by atoms with van der Waals surface area (Å²) in [6.45, 7) is 0.188. The molecule has 2 aromatic carbocycles. The zero-order valence-electron chi connectivity index (χ0n) is 17.8. The van der Waals surface area contributed by atoms with Crippen molar-refractivity contribution in [1.82, 2.24) is 19.5 Å². The molecule has 4 aromatic rings. The summed E-state index contributed by atoms with van der Waals surface area (Å²) in [4.78, 5) is 25.0. The Labute approximate surface area is 194 Å². The summed E-state index contributed by atoms with van der Waals surface area (Å²) in [5.41, 5.74) is 9.84. The Kier molecular flexibility index (Phi) is 6.20. The lowest BCUT2D eigenvalue weighted by atomic mass is 10.2. The van der Waals surface area contributed by atoms with Crippen molar-refractivity contribution < 1.29 is 17.6 Å². The van der Waals surface area contributed by atoms with E-state index in [2.05, 4.69) is 20.3 Å². The lowest BCUT2D eigenvalue weighted by molar-refractivity contribution is 0.515. The maximum atomic E-state index is 14.4. The quantitative estimate of drug-likeness (QED) is 0.279. The molecular formula is C22H16F4N8O. The standard InChI is InChI=1S/C22H16F4N8O/c23-10-6-11(24)8-12(7-10)34-16(31-15-4-3-14(25)18(26)17(15)21(34)35)2-1-5-30-20-13(9-27)19(28)32-22(29)33-20/h3-4,6-8H,1-2,5H2,(H5,28,29,30,32,33). The third-order valence-corrected chi connectivity index (χ3v) is 5.04. The summed E-state index contributed by atoms with van der Waals surface area (Å²) in [5, 5.41) is 11.5. The van der Waals surface area contributed by atoms with Gasteiger partial charge in [-0.25, -0.2) is 22.5 Å². The van der Waals surface area contributed by atoms with Gasteiger partial charge >= 0.3 is 0 Å². The molecule has 0 radical (unpaired) electrons. The van der Waals surface area contributed by atoms with Crippen molar-refractivity contribution in [3.8, 4) is 11.8 Å². The van der Waals surface area contributed by atoms with Crippen molar-refractivity contribution in [3.05, 3.63) is 75.3 Å². The maximum absolute atomic E-state index is 14.4.